The van der Waals surface area contributed by atoms with Crippen LogP contribution in [-0.2, 0) is 6.61 Å². The molecular weight excluding hydrogens is 336 g/mol. The van der Waals surface area contributed by atoms with E-state index in [1.54, 1.807) is 12.3 Å². The lowest BCUT2D eigenvalue weighted by Gasteiger charge is -2.07. The van der Waals surface area contributed by atoms with Crippen LogP contribution in [0.25, 0.3) is 0 Å². The highest BCUT2D eigenvalue weighted by Crippen LogP contribution is 2.14. The van der Waals surface area contributed by atoms with Gasteiger partial charge in [-0.25, -0.2) is 5.43 Å². The summed E-state index contributed by atoms with van der Waals surface area (Å²) in [4.78, 5) is 12.1. The number of ether oxygens (including phenoxy) is 1. The molecule has 4 heteroatoms. The molecule has 0 radical (unpaired) electrons. The van der Waals surface area contributed by atoms with Crippen LogP contribution in [0, 0.1) is 13.8 Å². The molecule has 3 aromatic carbocycles. The third-order valence-electron chi connectivity index (χ3n) is 4.04. The van der Waals surface area contributed by atoms with E-state index >= 15 is 0 Å². The van der Waals surface area contributed by atoms with Crippen LogP contribution in [-0.4, -0.2) is 12.1 Å². The zero-order valence-electron chi connectivity index (χ0n) is 15.5. The fourth-order valence-corrected chi connectivity index (χ4v) is 2.55. The number of aryl methyl sites for hydroxylation is 2. The van der Waals surface area contributed by atoms with Gasteiger partial charge in [-0.2, -0.15) is 5.10 Å². The number of nitrogens with zero attached hydrogens (tertiary/aromatic N) is 1. The topological polar surface area (TPSA) is 50.7 Å². The van der Waals surface area contributed by atoms with Crippen LogP contribution in [0.4, 0.5) is 0 Å². The maximum Gasteiger partial charge on any atom is 0.271 e. The smallest absolute Gasteiger partial charge is 0.271 e. The molecule has 0 atom stereocenters. The molecule has 0 aromatic heterocycles. The lowest BCUT2D eigenvalue weighted by Crippen LogP contribution is -2.17. The Bertz CT molecular complexity index is 947. The second-order valence-corrected chi connectivity index (χ2v) is 6.42. The summed E-state index contributed by atoms with van der Waals surface area (Å²) in [5.74, 6) is 0.520. The van der Waals surface area contributed by atoms with Gasteiger partial charge in [0.15, 0.2) is 0 Å². The van der Waals surface area contributed by atoms with Crippen LogP contribution in [0.1, 0.15) is 32.6 Å². The minimum atomic E-state index is -0.235. The molecule has 27 heavy (non-hydrogen) atoms. The number of rotatable bonds is 6. The van der Waals surface area contributed by atoms with E-state index in [-0.39, 0.29) is 5.91 Å². The molecule has 0 aliphatic heterocycles. The first-order valence-corrected chi connectivity index (χ1v) is 8.79. The molecule has 0 saturated heterocycles. The molecule has 0 aliphatic rings. The van der Waals surface area contributed by atoms with Crippen LogP contribution in [0.5, 0.6) is 5.75 Å². The highest BCUT2D eigenvalue weighted by molar-refractivity contribution is 5.95. The summed E-state index contributed by atoms with van der Waals surface area (Å²) in [7, 11) is 0. The van der Waals surface area contributed by atoms with Gasteiger partial charge in [0.1, 0.15) is 12.4 Å². The Labute approximate surface area is 159 Å². The Morgan fingerprint density at radius 2 is 1.74 bits per heavy atom. The minimum absolute atomic E-state index is 0.235. The van der Waals surface area contributed by atoms with Gasteiger partial charge in [0, 0.05) is 5.56 Å². The van der Waals surface area contributed by atoms with Crippen LogP contribution >= 0.6 is 0 Å². The Hall–Kier alpha value is -3.40. The van der Waals surface area contributed by atoms with Crippen molar-refractivity contribution in [1.82, 2.24) is 5.43 Å². The monoisotopic (exact) mass is 358 g/mol. The van der Waals surface area contributed by atoms with Gasteiger partial charge in [0.25, 0.3) is 5.91 Å². The summed E-state index contributed by atoms with van der Waals surface area (Å²) in [6.45, 7) is 4.51. The molecule has 0 bridgehead atoms. The first-order valence-electron chi connectivity index (χ1n) is 8.79. The first kappa shape index (κ1) is 18.4. The third-order valence-corrected chi connectivity index (χ3v) is 4.04. The van der Waals surface area contributed by atoms with Crippen molar-refractivity contribution in [2.45, 2.75) is 20.5 Å². The first-order chi connectivity index (χ1) is 13.1. The highest BCUT2D eigenvalue weighted by atomic mass is 16.5. The number of hydrazone groups is 1. The van der Waals surface area contributed by atoms with Gasteiger partial charge in [-0.15, -0.1) is 0 Å². The summed E-state index contributed by atoms with van der Waals surface area (Å²) < 4.78 is 5.83. The number of carbonyl (C=O) groups excluding carboxylic acids is 1. The quantitative estimate of drug-likeness (QED) is 0.515. The Balaban J connectivity index is 1.57. The van der Waals surface area contributed by atoms with Crippen molar-refractivity contribution in [2.24, 2.45) is 5.10 Å². The van der Waals surface area contributed by atoms with Gasteiger partial charge < -0.3 is 4.74 Å². The van der Waals surface area contributed by atoms with Crippen molar-refractivity contribution in [1.29, 1.82) is 0 Å². The van der Waals surface area contributed by atoms with Crippen molar-refractivity contribution in [3.05, 3.63) is 101 Å². The molecule has 0 spiro atoms. The number of carbonyl (C=O) groups is 1. The molecule has 1 N–H and O–H groups in total. The zero-order chi connectivity index (χ0) is 19.1. The molecule has 136 valence electrons. The SMILES string of the molecule is Cc1ccc(COc2cccc(/C=N\NC(=O)c3cccc(C)c3)c2)cc1. The summed E-state index contributed by atoms with van der Waals surface area (Å²) in [6, 6.07) is 23.2. The van der Waals surface area contributed by atoms with E-state index in [0.29, 0.717) is 12.2 Å². The predicted molar refractivity (Wildman–Crippen MR) is 108 cm³/mol. The van der Waals surface area contributed by atoms with Crippen molar-refractivity contribution in [2.75, 3.05) is 0 Å². The number of nitrogens with one attached hydrogen (secondary N) is 1. The summed E-state index contributed by atoms with van der Waals surface area (Å²) in [5.41, 5.74) is 7.36. The number of benzene rings is 3. The highest BCUT2D eigenvalue weighted by Gasteiger charge is 2.03. The van der Waals surface area contributed by atoms with E-state index < -0.39 is 0 Å². The van der Waals surface area contributed by atoms with Gasteiger partial charge >= 0.3 is 0 Å². The lowest BCUT2D eigenvalue weighted by atomic mass is 10.1. The second kappa shape index (κ2) is 8.81. The van der Waals surface area contributed by atoms with Gasteiger partial charge in [0.05, 0.1) is 6.21 Å². The summed E-state index contributed by atoms with van der Waals surface area (Å²) in [5, 5.41) is 4.04. The molecule has 0 fully saturated rings. The molecule has 3 aromatic rings. The number of hydrogen-bond acceptors (Lipinski definition) is 3. The van der Waals surface area contributed by atoms with Crippen molar-refractivity contribution in [3.8, 4) is 5.75 Å². The zero-order valence-corrected chi connectivity index (χ0v) is 15.5. The summed E-state index contributed by atoms with van der Waals surface area (Å²) >= 11 is 0. The average molecular weight is 358 g/mol. The van der Waals surface area contributed by atoms with Gasteiger partial charge in [0.2, 0.25) is 0 Å². The van der Waals surface area contributed by atoms with E-state index in [1.807, 2.05) is 49.4 Å². The van der Waals surface area contributed by atoms with Gasteiger partial charge in [-0.05, 0) is 49.2 Å². The minimum Gasteiger partial charge on any atom is -0.489 e. The van der Waals surface area contributed by atoms with Crippen LogP contribution in [0.3, 0.4) is 0 Å². The van der Waals surface area contributed by atoms with Crippen molar-refractivity contribution in [3.63, 3.8) is 0 Å². The Morgan fingerprint density at radius 1 is 0.963 bits per heavy atom. The number of amides is 1. The largest absolute Gasteiger partial charge is 0.489 e. The van der Waals surface area contributed by atoms with Crippen molar-refractivity contribution < 1.29 is 9.53 Å². The molecule has 0 unspecified atom stereocenters. The van der Waals surface area contributed by atoms with Gasteiger partial charge in [-0.3, -0.25) is 4.79 Å². The molecular formula is C23H22N2O2. The molecule has 0 heterocycles. The average Bonchev–Trinajstić information content (AvgIpc) is 2.68. The fraction of sp³-hybridized carbons (Fsp3) is 0.130. The van der Waals surface area contributed by atoms with E-state index in [9.17, 15) is 4.79 Å². The standard InChI is InChI=1S/C23H22N2O2/c1-17-9-11-19(12-10-17)16-27-22-8-4-6-20(14-22)15-24-25-23(26)21-7-3-5-18(2)13-21/h3-15H,16H2,1-2H3,(H,25,26)/b24-15-. The van der Waals surface area contributed by atoms with E-state index in [2.05, 4.69) is 41.7 Å². The van der Waals surface area contributed by atoms with Crippen molar-refractivity contribution >= 4 is 12.1 Å². The Kier molecular flexibility index (Phi) is 6.00. The Morgan fingerprint density at radius 3 is 2.52 bits per heavy atom. The predicted octanol–water partition coefficient (Wildman–Crippen LogP) is 4.65. The van der Waals surface area contributed by atoms with Crippen LogP contribution < -0.4 is 10.2 Å². The molecule has 3 rings (SSSR count). The fourth-order valence-electron chi connectivity index (χ4n) is 2.55. The lowest BCUT2D eigenvalue weighted by molar-refractivity contribution is 0.0955. The third kappa shape index (κ3) is 5.54. The van der Waals surface area contributed by atoms with Crippen LogP contribution in [0.15, 0.2) is 77.9 Å². The normalized spacial score (nSPS) is 10.7. The second-order valence-electron chi connectivity index (χ2n) is 6.42. The maximum absolute atomic E-state index is 12.1. The maximum atomic E-state index is 12.1. The molecule has 4 nitrogen and oxygen atoms in total. The van der Waals surface area contributed by atoms with Crippen LogP contribution in [0.2, 0.25) is 0 Å². The van der Waals surface area contributed by atoms with E-state index in [4.69, 9.17) is 4.74 Å². The molecule has 1 amide bonds. The molecule has 0 aliphatic carbocycles. The van der Waals surface area contributed by atoms with Gasteiger partial charge in [-0.1, -0.05) is 59.7 Å². The molecule has 0 saturated carbocycles. The summed E-state index contributed by atoms with van der Waals surface area (Å²) in [6.07, 6.45) is 1.60. The number of hydrogen-bond donors (Lipinski definition) is 1. The van der Waals surface area contributed by atoms with E-state index in [0.717, 1.165) is 22.4 Å². The van der Waals surface area contributed by atoms with E-state index in [1.165, 1.54) is 5.56 Å².